The Morgan fingerprint density at radius 3 is 2.44 bits per heavy atom. The molecule has 0 aliphatic heterocycles. The van der Waals surface area contributed by atoms with Crippen LogP contribution in [0.15, 0.2) is 24.3 Å². The number of likely N-dealkylation sites (N-methyl/N-ethyl adjacent to an activating group) is 1. The van der Waals surface area contributed by atoms with Gasteiger partial charge < -0.3 is 19.5 Å². The van der Waals surface area contributed by atoms with Gasteiger partial charge in [-0.3, -0.25) is 4.79 Å². The van der Waals surface area contributed by atoms with Crippen LogP contribution < -0.4 is 9.47 Å². The Morgan fingerprint density at radius 1 is 1.33 bits per heavy atom. The number of hydrogen-bond donors (Lipinski definition) is 1. The summed E-state index contributed by atoms with van der Waals surface area (Å²) < 4.78 is 10.8. The van der Waals surface area contributed by atoms with Crippen molar-refractivity contribution in [3.8, 4) is 11.5 Å². The van der Waals surface area contributed by atoms with Crippen molar-refractivity contribution in [2.45, 2.75) is 12.5 Å². The number of ether oxygens (including phenoxy) is 2. The third kappa shape index (κ3) is 4.25. The number of carboxylic acids is 1. The Morgan fingerprint density at radius 2 is 1.94 bits per heavy atom. The van der Waals surface area contributed by atoms with Crippen LogP contribution in [-0.2, 0) is 4.79 Å². The lowest BCUT2D eigenvalue weighted by Gasteiger charge is -2.23. The highest BCUT2D eigenvalue weighted by Crippen LogP contribution is 2.26. The molecule has 1 rings (SSSR count). The minimum atomic E-state index is -0.836. The average Bonchev–Trinajstić information content (AvgIpc) is 2.34. The maximum Gasteiger partial charge on any atom is 0.305 e. The van der Waals surface area contributed by atoms with E-state index in [0.29, 0.717) is 18.1 Å². The number of para-hydroxylation sites is 2. The Kier molecular flexibility index (Phi) is 5.45. The summed E-state index contributed by atoms with van der Waals surface area (Å²) in [6.07, 6.45) is 0.0438. The van der Waals surface area contributed by atoms with Crippen LogP contribution >= 0.6 is 0 Å². The van der Waals surface area contributed by atoms with Crippen molar-refractivity contribution >= 4 is 5.97 Å². The molecule has 0 spiro atoms. The zero-order chi connectivity index (χ0) is 13.5. The average molecular weight is 253 g/mol. The predicted octanol–water partition coefficient (Wildman–Crippen LogP) is 1.48. The molecule has 0 saturated heterocycles. The number of nitrogens with zero attached hydrogens (tertiary/aromatic N) is 1. The van der Waals surface area contributed by atoms with Gasteiger partial charge in [0.25, 0.3) is 0 Å². The Balaban J connectivity index is 2.63. The summed E-state index contributed by atoms with van der Waals surface area (Å²) in [5, 5.41) is 8.82. The molecule has 1 unspecified atom stereocenters. The van der Waals surface area contributed by atoms with E-state index < -0.39 is 5.97 Å². The topological polar surface area (TPSA) is 59.0 Å². The normalized spacial score (nSPS) is 12.2. The molecule has 1 aromatic carbocycles. The second-order valence-electron chi connectivity index (χ2n) is 4.18. The maximum atomic E-state index is 10.7. The fourth-order valence-electron chi connectivity index (χ4n) is 1.52. The van der Waals surface area contributed by atoms with Crippen LogP contribution in [0.25, 0.3) is 0 Å². The van der Waals surface area contributed by atoms with Crippen molar-refractivity contribution in [1.29, 1.82) is 0 Å². The number of aliphatic carboxylic acids is 1. The molecule has 5 heteroatoms. The fourth-order valence-corrected chi connectivity index (χ4v) is 1.52. The first-order valence-corrected chi connectivity index (χ1v) is 5.68. The van der Waals surface area contributed by atoms with Gasteiger partial charge in [-0.25, -0.2) is 0 Å². The van der Waals surface area contributed by atoms with E-state index in [4.69, 9.17) is 14.6 Å². The molecule has 0 heterocycles. The van der Waals surface area contributed by atoms with Crippen LogP contribution in [0.2, 0.25) is 0 Å². The summed E-state index contributed by atoms with van der Waals surface area (Å²) in [6.45, 7) is 0.305. The molecule has 5 nitrogen and oxygen atoms in total. The number of methoxy groups -OCH3 is 1. The summed E-state index contributed by atoms with van der Waals surface area (Å²) in [5.74, 6) is 0.430. The first-order valence-electron chi connectivity index (χ1n) is 5.68. The third-order valence-corrected chi connectivity index (χ3v) is 2.64. The minimum absolute atomic E-state index is 0.0438. The van der Waals surface area contributed by atoms with E-state index in [1.54, 1.807) is 19.2 Å². The molecule has 0 radical (unpaired) electrons. The lowest BCUT2D eigenvalue weighted by Crippen LogP contribution is -2.35. The van der Waals surface area contributed by atoms with E-state index in [9.17, 15) is 4.79 Å². The van der Waals surface area contributed by atoms with Gasteiger partial charge in [-0.15, -0.1) is 0 Å². The van der Waals surface area contributed by atoms with Gasteiger partial charge in [-0.1, -0.05) is 12.1 Å². The second kappa shape index (κ2) is 6.86. The van der Waals surface area contributed by atoms with Crippen molar-refractivity contribution in [1.82, 2.24) is 4.90 Å². The summed E-state index contributed by atoms with van der Waals surface area (Å²) in [4.78, 5) is 12.6. The lowest BCUT2D eigenvalue weighted by atomic mass is 10.2. The quantitative estimate of drug-likeness (QED) is 0.797. The van der Waals surface area contributed by atoms with Crippen LogP contribution in [0.4, 0.5) is 0 Å². The van der Waals surface area contributed by atoms with Crippen molar-refractivity contribution in [2.75, 3.05) is 27.8 Å². The summed E-state index contributed by atoms with van der Waals surface area (Å²) in [6, 6.07) is 7.13. The van der Waals surface area contributed by atoms with E-state index in [0.717, 1.165) is 0 Å². The number of benzene rings is 1. The smallest absolute Gasteiger partial charge is 0.305 e. The van der Waals surface area contributed by atoms with E-state index in [2.05, 4.69) is 0 Å². The molecule has 0 aliphatic rings. The van der Waals surface area contributed by atoms with Crippen molar-refractivity contribution in [3.05, 3.63) is 24.3 Å². The van der Waals surface area contributed by atoms with Crippen molar-refractivity contribution in [3.63, 3.8) is 0 Å². The maximum absolute atomic E-state index is 10.7. The Labute approximate surface area is 107 Å². The van der Waals surface area contributed by atoms with Crippen LogP contribution in [0.1, 0.15) is 6.42 Å². The molecule has 0 bridgehead atoms. The second-order valence-corrected chi connectivity index (χ2v) is 4.18. The summed E-state index contributed by atoms with van der Waals surface area (Å²) in [5.41, 5.74) is 0. The minimum Gasteiger partial charge on any atom is -0.493 e. The predicted molar refractivity (Wildman–Crippen MR) is 68.2 cm³/mol. The van der Waals surface area contributed by atoms with E-state index in [1.165, 1.54) is 0 Å². The van der Waals surface area contributed by atoms with Gasteiger partial charge in [0, 0.05) is 0 Å². The number of carbonyl (C=O) groups is 1. The van der Waals surface area contributed by atoms with E-state index in [1.807, 2.05) is 31.1 Å². The molecule has 1 aromatic rings. The van der Waals surface area contributed by atoms with Gasteiger partial charge >= 0.3 is 5.97 Å². The van der Waals surface area contributed by atoms with E-state index >= 15 is 0 Å². The van der Waals surface area contributed by atoms with E-state index in [-0.39, 0.29) is 12.5 Å². The lowest BCUT2D eigenvalue weighted by molar-refractivity contribution is -0.138. The molecule has 1 N–H and O–H groups in total. The number of rotatable bonds is 7. The monoisotopic (exact) mass is 253 g/mol. The van der Waals surface area contributed by atoms with Crippen molar-refractivity contribution < 1.29 is 19.4 Å². The van der Waals surface area contributed by atoms with Crippen LogP contribution in [0.3, 0.4) is 0 Å². The summed E-state index contributed by atoms with van der Waals surface area (Å²) in [7, 11) is 5.24. The highest BCUT2D eigenvalue weighted by Gasteiger charge is 2.17. The standard InChI is InChI=1S/C13H19NO4/c1-14(2)10(8-13(15)16)9-18-12-7-5-4-6-11(12)17-3/h4-7,10H,8-9H2,1-3H3,(H,15,16). The first kappa shape index (κ1) is 14.3. The largest absolute Gasteiger partial charge is 0.493 e. The molecule has 0 aliphatic carbocycles. The molecule has 0 amide bonds. The van der Waals surface area contributed by atoms with Gasteiger partial charge in [-0.2, -0.15) is 0 Å². The highest BCUT2D eigenvalue weighted by molar-refractivity contribution is 5.67. The fraction of sp³-hybridized carbons (Fsp3) is 0.462. The number of carboxylic acid groups (broad SMARTS) is 1. The summed E-state index contributed by atoms with van der Waals surface area (Å²) >= 11 is 0. The van der Waals surface area contributed by atoms with Gasteiger partial charge in [-0.05, 0) is 26.2 Å². The van der Waals surface area contributed by atoms with Gasteiger partial charge in [0.05, 0.1) is 19.6 Å². The van der Waals surface area contributed by atoms with Gasteiger partial charge in [0.2, 0.25) is 0 Å². The highest BCUT2D eigenvalue weighted by atomic mass is 16.5. The van der Waals surface area contributed by atoms with Crippen LogP contribution in [0, 0.1) is 0 Å². The molecule has 18 heavy (non-hydrogen) atoms. The zero-order valence-corrected chi connectivity index (χ0v) is 10.9. The van der Waals surface area contributed by atoms with Crippen LogP contribution in [0.5, 0.6) is 11.5 Å². The van der Waals surface area contributed by atoms with Gasteiger partial charge in [0.1, 0.15) is 6.61 Å². The van der Waals surface area contributed by atoms with Gasteiger partial charge in [0.15, 0.2) is 11.5 Å². The molecule has 0 saturated carbocycles. The first-order chi connectivity index (χ1) is 8.54. The zero-order valence-electron chi connectivity index (χ0n) is 10.9. The van der Waals surface area contributed by atoms with Crippen molar-refractivity contribution in [2.24, 2.45) is 0 Å². The molecular formula is C13H19NO4. The molecule has 100 valence electrons. The molecule has 0 aromatic heterocycles. The van der Waals surface area contributed by atoms with Crippen LogP contribution in [-0.4, -0.2) is 49.8 Å². The Hall–Kier alpha value is -1.75. The molecule has 0 fully saturated rings. The SMILES string of the molecule is COc1ccccc1OCC(CC(=O)O)N(C)C. The molecular weight excluding hydrogens is 234 g/mol. The third-order valence-electron chi connectivity index (χ3n) is 2.64. The molecule has 1 atom stereocenters. The Bertz CT molecular complexity index is 392. The number of hydrogen-bond acceptors (Lipinski definition) is 4.